The number of nitrogens with zero attached hydrogens (tertiary/aromatic N) is 5. The molecule has 0 aliphatic carbocycles. The van der Waals surface area contributed by atoms with Crippen molar-refractivity contribution in [2.24, 2.45) is 0 Å². The lowest BCUT2D eigenvalue weighted by molar-refractivity contribution is 0.0360. The number of anilines is 2. The topological polar surface area (TPSA) is 89.4 Å². The van der Waals surface area contributed by atoms with Crippen LogP contribution in [0.4, 0.5) is 21.0 Å². The number of benzene rings is 1. The second kappa shape index (κ2) is 10.4. The molecule has 4 rings (SSSR count). The van der Waals surface area contributed by atoms with Crippen LogP contribution in [-0.4, -0.2) is 85.5 Å². The highest BCUT2D eigenvalue weighted by Gasteiger charge is 2.36. The van der Waals surface area contributed by atoms with Crippen molar-refractivity contribution in [2.45, 2.75) is 39.5 Å². The number of hydrogen-bond acceptors (Lipinski definition) is 7. The van der Waals surface area contributed by atoms with E-state index in [1.165, 1.54) is 7.11 Å². The Labute approximate surface area is 200 Å². The number of rotatable bonds is 5. The van der Waals surface area contributed by atoms with E-state index in [0.29, 0.717) is 17.9 Å². The molecule has 34 heavy (non-hydrogen) atoms. The number of fused-ring (bicyclic) bond motifs is 1. The summed E-state index contributed by atoms with van der Waals surface area (Å²) in [6, 6.07) is 5.41. The van der Waals surface area contributed by atoms with E-state index in [-0.39, 0.29) is 12.1 Å². The summed E-state index contributed by atoms with van der Waals surface area (Å²) in [4.78, 5) is 30.9. The van der Waals surface area contributed by atoms with E-state index in [4.69, 9.17) is 14.2 Å². The van der Waals surface area contributed by atoms with E-state index in [0.717, 1.165) is 50.5 Å². The molecule has 0 spiro atoms. The first-order chi connectivity index (χ1) is 16.4. The minimum Gasteiger partial charge on any atom is -0.452 e. The summed E-state index contributed by atoms with van der Waals surface area (Å²) < 4.78 is 17.8. The van der Waals surface area contributed by atoms with E-state index in [1.807, 2.05) is 56.0 Å². The van der Waals surface area contributed by atoms with Gasteiger partial charge in [-0.3, -0.25) is 19.4 Å². The number of amides is 2. The standard InChI is InChI=1S/C24H33N5O5/c1-17(2)34-23(30)28-15-18(3)29(24(31)32-4)21-6-5-19(13-22(21)28)20-14-25-27(16-20)8-7-26-9-11-33-12-10-26/h5-6,13-14,16-18H,7-12,15H2,1-4H3/t18-/m0/s1. The van der Waals surface area contributed by atoms with Crippen molar-refractivity contribution in [3.8, 4) is 11.1 Å². The molecule has 1 aromatic heterocycles. The first-order valence-electron chi connectivity index (χ1n) is 11.7. The molecule has 0 N–H and O–H groups in total. The lowest BCUT2D eigenvalue weighted by Crippen LogP contribution is -2.52. The highest BCUT2D eigenvalue weighted by atomic mass is 16.6. The van der Waals surface area contributed by atoms with Crippen LogP contribution in [0.25, 0.3) is 11.1 Å². The van der Waals surface area contributed by atoms with Gasteiger partial charge in [-0.1, -0.05) is 6.07 Å². The Kier molecular flexibility index (Phi) is 7.38. The molecule has 2 aliphatic rings. The third-order valence-electron chi connectivity index (χ3n) is 6.06. The maximum Gasteiger partial charge on any atom is 0.414 e. The van der Waals surface area contributed by atoms with E-state index >= 15 is 0 Å². The average molecular weight is 472 g/mol. The molecule has 184 valence electrons. The van der Waals surface area contributed by atoms with Crippen molar-refractivity contribution in [3.05, 3.63) is 30.6 Å². The summed E-state index contributed by atoms with van der Waals surface area (Å²) in [6.45, 7) is 10.9. The third kappa shape index (κ3) is 5.18. The van der Waals surface area contributed by atoms with Crippen molar-refractivity contribution in [1.29, 1.82) is 0 Å². The van der Waals surface area contributed by atoms with Crippen LogP contribution in [0.15, 0.2) is 30.6 Å². The smallest absolute Gasteiger partial charge is 0.414 e. The summed E-state index contributed by atoms with van der Waals surface area (Å²) in [6.07, 6.45) is 2.67. The summed E-state index contributed by atoms with van der Waals surface area (Å²) in [7, 11) is 1.35. The van der Waals surface area contributed by atoms with Crippen LogP contribution < -0.4 is 9.80 Å². The fourth-order valence-electron chi connectivity index (χ4n) is 4.32. The van der Waals surface area contributed by atoms with Gasteiger partial charge in [-0.25, -0.2) is 9.59 Å². The second-order valence-electron chi connectivity index (χ2n) is 8.88. The number of hydrogen-bond donors (Lipinski definition) is 0. The molecule has 1 aromatic carbocycles. The number of methoxy groups -OCH3 is 1. The summed E-state index contributed by atoms with van der Waals surface area (Å²) >= 11 is 0. The fraction of sp³-hybridized carbons (Fsp3) is 0.542. The predicted octanol–water partition coefficient (Wildman–Crippen LogP) is 3.21. The normalized spacial score (nSPS) is 18.7. The van der Waals surface area contributed by atoms with Gasteiger partial charge in [0, 0.05) is 31.4 Å². The van der Waals surface area contributed by atoms with Gasteiger partial charge < -0.3 is 14.2 Å². The van der Waals surface area contributed by atoms with Crippen molar-refractivity contribution >= 4 is 23.6 Å². The van der Waals surface area contributed by atoms with Crippen LogP contribution in [0.1, 0.15) is 20.8 Å². The highest BCUT2D eigenvalue weighted by Crippen LogP contribution is 2.39. The van der Waals surface area contributed by atoms with Gasteiger partial charge in [0.05, 0.1) is 63.1 Å². The molecule has 2 aliphatic heterocycles. The van der Waals surface area contributed by atoms with Gasteiger partial charge in [-0.2, -0.15) is 5.10 Å². The average Bonchev–Trinajstić information content (AvgIpc) is 3.31. The van der Waals surface area contributed by atoms with E-state index in [1.54, 1.807) is 9.80 Å². The molecule has 0 saturated carbocycles. The molecule has 0 unspecified atom stereocenters. The fourth-order valence-corrected chi connectivity index (χ4v) is 4.32. The summed E-state index contributed by atoms with van der Waals surface area (Å²) in [5.41, 5.74) is 3.05. The molecule has 10 nitrogen and oxygen atoms in total. The predicted molar refractivity (Wildman–Crippen MR) is 128 cm³/mol. The molecule has 1 saturated heterocycles. The van der Waals surface area contributed by atoms with Crippen molar-refractivity contribution < 1.29 is 23.8 Å². The maximum absolute atomic E-state index is 12.9. The molecule has 2 aromatic rings. The van der Waals surface area contributed by atoms with Crippen LogP contribution in [-0.2, 0) is 20.8 Å². The van der Waals surface area contributed by atoms with Crippen LogP contribution in [0.5, 0.6) is 0 Å². The number of ether oxygens (including phenoxy) is 3. The number of aromatic nitrogens is 2. The van der Waals surface area contributed by atoms with Crippen LogP contribution >= 0.6 is 0 Å². The number of carbonyl (C=O) groups excluding carboxylic acids is 2. The largest absolute Gasteiger partial charge is 0.452 e. The zero-order valence-corrected chi connectivity index (χ0v) is 20.3. The molecule has 3 heterocycles. The first kappa shape index (κ1) is 24.0. The SMILES string of the molecule is COC(=O)N1c2ccc(-c3cnn(CCN4CCOCC4)c3)cc2N(C(=O)OC(C)C)C[C@@H]1C. The summed E-state index contributed by atoms with van der Waals surface area (Å²) in [5.74, 6) is 0. The minimum absolute atomic E-state index is 0.252. The molecular weight excluding hydrogens is 438 g/mol. The van der Waals surface area contributed by atoms with Gasteiger partial charge in [0.1, 0.15) is 0 Å². The molecule has 0 radical (unpaired) electrons. The molecular formula is C24H33N5O5. The van der Waals surface area contributed by atoms with Crippen LogP contribution in [0, 0.1) is 0 Å². The lowest BCUT2D eigenvalue weighted by atomic mass is 10.0. The Balaban J connectivity index is 1.60. The second-order valence-corrected chi connectivity index (χ2v) is 8.88. The Morgan fingerprint density at radius 3 is 2.59 bits per heavy atom. The number of morpholine rings is 1. The maximum atomic E-state index is 12.9. The van der Waals surface area contributed by atoms with Crippen molar-refractivity contribution in [2.75, 3.05) is 56.3 Å². The first-order valence-corrected chi connectivity index (χ1v) is 11.7. The minimum atomic E-state index is -0.464. The van der Waals surface area contributed by atoms with Gasteiger partial charge in [0.15, 0.2) is 0 Å². The highest BCUT2D eigenvalue weighted by molar-refractivity contribution is 6.01. The Hall–Kier alpha value is -3.11. The van der Waals surface area contributed by atoms with Crippen molar-refractivity contribution in [3.63, 3.8) is 0 Å². The van der Waals surface area contributed by atoms with Gasteiger partial charge in [0.2, 0.25) is 0 Å². The zero-order valence-electron chi connectivity index (χ0n) is 20.3. The van der Waals surface area contributed by atoms with Crippen LogP contribution in [0.2, 0.25) is 0 Å². The molecule has 0 bridgehead atoms. The molecule has 2 amide bonds. The zero-order chi connectivity index (χ0) is 24.2. The molecule has 10 heteroatoms. The molecule has 1 atom stereocenters. The van der Waals surface area contributed by atoms with Gasteiger partial charge in [0.25, 0.3) is 0 Å². The van der Waals surface area contributed by atoms with E-state index in [2.05, 4.69) is 10.00 Å². The lowest BCUT2D eigenvalue weighted by Gasteiger charge is -2.40. The Morgan fingerprint density at radius 1 is 1.12 bits per heavy atom. The molecule has 1 fully saturated rings. The Bertz CT molecular complexity index is 1020. The monoisotopic (exact) mass is 471 g/mol. The quantitative estimate of drug-likeness (QED) is 0.662. The van der Waals surface area contributed by atoms with Crippen LogP contribution in [0.3, 0.4) is 0 Å². The van der Waals surface area contributed by atoms with Crippen molar-refractivity contribution in [1.82, 2.24) is 14.7 Å². The Morgan fingerprint density at radius 2 is 1.88 bits per heavy atom. The van der Waals surface area contributed by atoms with Gasteiger partial charge in [-0.05, 0) is 38.5 Å². The van der Waals surface area contributed by atoms with E-state index in [9.17, 15) is 9.59 Å². The number of carbonyl (C=O) groups is 2. The van der Waals surface area contributed by atoms with Gasteiger partial charge >= 0.3 is 12.2 Å². The van der Waals surface area contributed by atoms with Gasteiger partial charge in [-0.15, -0.1) is 0 Å². The summed E-state index contributed by atoms with van der Waals surface area (Å²) in [5, 5.41) is 4.52. The van der Waals surface area contributed by atoms with E-state index < -0.39 is 12.2 Å². The third-order valence-corrected chi connectivity index (χ3v) is 6.06.